The van der Waals surface area contributed by atoms with Gasteiger partial charge in [-0.3, -0.25) is 0 Å². The van der Waals surface area contributed by atoms with E-state index in [0.717, 1.165) is 26.2 Å². The molecule has 3 N–H and O–H groups in total. The number of thiocarbonyl (C=S) groups is 1. The average molecular weight is 449 g/mol. The number of rotatable bonds is 5. The van der Waals surface area contributed by atoms with Gasteiger partial charge in [-0.1, -0.05) is 60.0 Å². The molecule has 0 atom stereocenters. The lowest BCUT2D eigenvalue weighted by Crippen LogP contribution is -2.23. The van der Waals surface area contributed by atoms with Crippen molar-refractivity contribution in [2.24, 2.45) is 0 Å². The average Bonchev–Trinajstić information content (AvgIpc) is 3.13. The van der Waals surface area contributed by atoms with Crippen LogP contribution in [-0.2, 0) is 13.1 Å². The van der Waals surface area contributed by atoms with Crippen molar-refractivity contribution in [2.45, 2.75) is 13.1 Å². The Hall–Kier alpha value is -1.79. The van der Waals surface area contributed by atoms with E-state index in [1.54, 1.807) is 0 Å². The quantitative estimate of drug-likeness (QED) is 0.408. The van der Waals surface area contributed by atoms with Crippen LogP contribution in [0.25, 0.3) is 10.2 Å². The Balaban J connectivity index is 1.95. The fourth-order valence-electron chi connectivity index (χ4n) is 2.68. The summed E-state index contributed by atoms with van der Waals surface area (Å²) < 4.78 is 2.58. The van der Waals surface area contributed by atoms with Gasteiger partial charge in [-0.2, -0.15) is 0 Å². The van der Waals surface area contributed by atoms with Gasteiger partial charge in [0.2, 0.25) is 0 Å². The van der Waals surface area contributed by atoms with Gasteiger partial charge in [-0.25, -0.2) is 0 Å². The lowest BCUT2D eigenvalue weighted by Gasteiger charge is -2.13. The summed E-state index contributed by atoms with van der Waals surface area (Å²) in [7, 11) is 0. The molecule has 0 aliphatic heterocycles. The zero-order valence-corrected chi connectivity index (χ0v) is 17.9. The molecule has 2 heterocycles. The first kappa shape index (κ1) is 20.9. The van der Waals surface area contributed by atoms with Crippen LogP contribution in [-0.4, -0.2) is 33.0 Å². The SMILES string of the molecule is OCC#Cc1cc2c(=S)c(C(=S)NCc3ccc(Cl)cc3)cn(CCO)c2s1. The van der Waals surface area contributed by atoms with E-state index in [2.05, 4.69) is 17.2 Å². The van der Waals surface area contributed by atoms with Crippen LogP contribution >= 0.6 is 47.4 Å². The fraction of sp³-hybridized carbons (Fsp3) is 0.200. The molecule has 0 radical (unpaired) electrons. The van der Waals surface area contributed by atoms with Crippen LogP contribution in [0.2, 0.25) is 5.02 Å². The van der Waals surface area contributed by atoms with Crippen molar-refractivity contribution in [2.75, 3.05) is 13.2 Å². The number of nitrogens with zero attached hydrogens (tertiary/aromatic N) is 1. The van der Waals surface area contributed by atoms with Crippen LogP contribution in [0.15, 0.2) is 36.5 Å². The highest BCUT2D eigenvalue weighted by Gasteiger charge is 2.13. The van der Waals surface area contributed by atoms with E-state index in [0.29, 0.717) is 27.6 Å². The highest BCUT2D eigenvalue weighted by molar-refractivity contribution is 7.80. The molecule has 144 valence electrons. The monoisotopic (exact) mass is 448 g/mol. The zero-order chi connectivity index (χ0) is 20.1. The highest BCUT2D eigenvalue weighted by Crippen LogP contribution is 2.28. The van der Waals surface area contributed by atoms with Gasteiger partial charge in [-0.15, -0.1) is 11.3 Å². The van der Waals surface area contributed by atoms with Crippen molar-refractivity contribution < 1.29 is 10.2 Å². The van der Waals surface area contributed by atoms with Crippen molar-refractivity contribution >= 4 is 62.6 Å². The second-order valence-electron chi connectivity index (χ2n) is 5.89. The zero-order valence-electron chi connectivity index (χ0n) is 14.7. The normalized spacial score (nSPS) is 10.5. The molecule has 0 saturated carbocycles. The topological polar surface area (TPSA) is 57.4 Å². The maximum Gasteiger partial charge on any atom is 0.109 e. The molecular weight excluding hydrogens is 432 g/mol. The number of hydrogen-bond donors (Lipinski definition) is 3. The largest absolute Gasteiger partial charge is 0.395 e. The van der Waals surface area contributed by atoms with Crippen LogP contribution in [0.5, 0.6) is 0 Å². The second kappa shape index (κ2) is 9.61. The third-order valence-corrected chi connectivity index (χ3v) is 6.13. The number of aromatic nitrogens is 1. The third-order valence-electron chi connectivity index (χ3n) is 3.99. The van der Waals surface area contributed by atoms with Crippen molar-refractivity contribution in [1.82, 2.24) is 9.88 Å². The van der Waals surface area contributed by atoms with Gasteiger partial charge >= 0.3 is 0 Å². The fourth-order valence-corrected chi connectivity index (χ4v) is 4.51. The molecule has 0 saturated heterocycles. The van der Waals surface area contributed by atoms with E-state index in [-0.39, 0.29) is 13.2 Å². The predicted octanol–water partition coefficient (Wildman–Crippen LogP) is 3.89. The summed E-state index contributed by atoms with van der Waals surface area (Å²) in [5.41, 5.74) is 1.79. The molecule has 3 aromatic rings. The summed E-state index contributed by atoms with van der Waals surface area (Å²) in [6.07, 6.45) is 1.87. The number of halogens is 1. The lowest BCUT2D eigenvalue weighted by atomic mass is 10.2. The van der Waals surface area contributed by atoms with E-state index in [9.17, 15) is 5.11 Å². The Morgan fingerprint density at radius 2 is 2.00 bits per heavy atom. The van der Waals surface area contributed by atoms with E-state index >= 15 is 0 Å². The van der Waals surface area contributed by atoms with Gasteiger partial charge < -0.3 is 20.1 Å². The molecule has 1 aromatic carbocycles. The van der Waals surface area contributed by atoms with Crippen LogP contribution < -0.4 is 5.32 Å². The first-order valence-corrected chi connectivity index (χ1v) is 10.4. The molecule has 0 spiro atoms. The molecule has 0 unspecified atom stereocenters. The number of hydrogen-bond acceptors (Lipinski definition) is 5. The standard InChI is InChI=1S/C20H17ClN2O2S3/c21-14-5-3-13(4-6-14)11-22-19(27)17-12-23(7-9-25)20-16(18(17)26)10-15(28-20)2-1-8-24/h3-6,10,12,24-25H,7-9,11H2,(H,22,27). The van der Waals surface area contributed by atoms with Crippen molar-refractivity contribution in [3.8, 4) is 11.8 Å². The smallest absolute Gasteiger partial charge is 0.109 e. The van der Waals surface area contributed by atoms with Gasteiger partial charge in [0.15, 0.2) is 0 Å². The van der Waals surface area contributed by atoms with Crippen LogP contribution in [0.4, 0.5) is 0 Å². The first-order valence-electron chi connectivity index (χ1n) is 8.43. The number of aliphatic hydroxyl groups excluding tert-OH is 2. The number of benzene rings is 1. The first-order chi connectivity index (χ1) is 13.5. The van der Waals surface area contributed by atoms with Crippen LogP contribution in [0, 0.1) is 16.4 Å². The number of thiophene rings is 1. The molecule has 8 heteroatoms. The van der Waals surface area contributed by atoms with Gasteiger partial charge in [0.05, 0.1) is 16.0 Å². The maximum atomic E-state index is 9.44. The van der Waals surface area contributed by atoms with Gasteiger partial charge in [0, 0.05) is 35.3 Å². The predicted molar refractivity (Wildman–Crippen MR) is 122 cm³/mol. The number of fused-ring (bicyclic) bond motifs is 1. The van der Waals surface area contributed by atoms with Crippen molar-refractivity contribution in [1.29, 1.82) is 0 Å². The molecule has 4 nitrogen and oxygen atoms in total. The number of pyridine rings is 1. The molecule has 0 aliphatic rings. The van der Waals surface area contributed by atoms with Crippen molar-refractivity contribution in [3.05, 3.63) is 62.1 Å². The lowest BCUT2D eigenvalue weighted by molar-refractivity contribution is 0.278. The summed E-state index contributed by atoms with van der Waals surface area (Å²) in [5, 5.41) is 23.1. The Labute approximate surface area is 182 Å². The minimum Gasteiger partial charge on any atom is -0.395 e. The molecule has 0 amide bonds. The Morgan fingerprint density at radius 3 is 2.68 bits per heavy atom. The molecule has 0 aliphatic carbocycles. The van der Waals surface area contributed by atoms with Gasteiger partial charge in [-0.05, 0) is 23.8 Å². The third kappa shape index (κ3) is 4.78. The highest BCUT2D eigenvalue weighted by atomic mass is 35.5. The van der Waals surface area contributed by atoms with Crippen molar-refractivity contribution in [3.63, 3.8) is 0 Å². The van der Waals surface area contributed by atoms with Crippen LogP contribution in [0.3, 0.4) is 0 Å². The van der Waals surface area contributed by atoms with E-state index < -0.39 is 0 Å². The molecule has 0 fully saturated rings. The molecule has 0 bridgehead atoms. The maximum absolute atomic E-state index is 9.44. The summed E-state index contributed by atoms with van der Waals surface area (Å²) in [5.74, 6) is 5.57. The van der Waals surface area contributed by atoms with E-state index in [1.165, 1.54) is 11.3 Å². The van der Waals surface area contributed by atoms with Gasteiger partial charge in [0.25, 0.3) is 0 Å². The second-order valence-corrected chi connectivity index (χ2v) is 8.17. The summed E-state index contributed by atoms with van der Waals surface area (Å²) in [6, 6.07) is 9.45. The summed E-state index contributed by atoms with van der Waals surface area (Å²) in [4.78, 5) is 2.27. The molecule has 3 rings (SSSR count). The minimum absolute atomic E-state index is 0.00347. The Morgan fingerprint density at radius 1 is 1.25 bits per heavy atom. The number of aliphatic hydroxyl groups is 2. The van der Waals surface area contributed by atoms with E-state index in [4.69, 9.17) is 41.1 Å². The van der Waals surface area contributed by atoms with Crippen LogP contribution in [0.1, 0.15) is 16.0 Å². The minimum atomic E-state index is -0.199. The molecule has 2 aromatic heterocycles. The molecular formula is C20H17ClN2O2S3. The summed E-state index contributed by atoms with van der Waals surface area (Å²) >= 11 is 18.7. The molecule has 28 heavy (non-hydrogen) atoms. The van der Waals surface area contributed by atoms with Gasteiger partial charge in [0.1, 0.15) is 16.4 Å². The Bertz CT molecular complexity index is 1120. The van der Waals surface area contributed by atoms with E-state index in [1.807, 2.05) is 41.1 Å². The number of nitrogens with one attached hydrogen (secondary N) is 1. The summed E-state index contributed by atoms with van der Waals surface area (Å²) in [6.45, 7) is 0.776. The Kier molecular flexibility index (Phi) is 7.18.